The topological polar surface area (TPSA) is 39.2 Å². The molecule has 0 aliphatic rings. The summed E-state index contributed by atoms with van der Waals surface area (Å²) in [7, 11) is 0. The van der Waals surface area contributed by atoms with Gasteiger partial charge in [-0.25, -0.2) is 9.37 Å². The van der Waals surface area contributed by atoms with Crippen LogP contribution < -0.4 is 0 Å². The minimum Gasteiger partial charge on any atom is -0.465 e. The lowest BCUT2D eigenvalue weighted by molar-refractivity contribution is -0.148. The number of aromatic nitrogens is 1. The summed E-state index contributed by atoms with van der Waals surface area (Å²) in [6.07, 6.45) is 0. The highest BCUT2D eigenvalue weighted by Gasteiger charge is 2.34. The van der Waals surface area contributed by atoms with Crippen molar-refractivity contribution < 1.29 is 13.9 Å². The van der Waals surface area contributed by atoms with Crippen molar-refractivity contribution in [3.63, 3.8) is 0 Å². The number of carbonyl (C=O) groups excluding carboxylic acids is 1. The van der Waals surface area contributed by atoms with E-state index in [9.17, 15) is 9.18 Å². The van der Waals surface area contributed by atoms with Gasteiger partial charge in [0.2, 0.25) is 0 Å². The van der Waals surface area contributed by atoms with Gasteiger partial charge >= 0.3 is 5.97 Å². The zero-order valence-electron chi connectivity index (χ0n) is 12.6. The second kappa shape index (κ2) is 5.93. The van der Waals surface area contributed by atoms with Gasteiger partial charge in [-0.1, -0.05) is 0 Å². The smallest absolute Gasteiger partial charge is 0.317 e. The molecule has 0 saturated carbocycles. The Kier molecular flexibility index (Phi) is 4.42. The van der Waals surface area contributed by atoms with Crippen molar-refractivity contribution in [3.05, 3.63) is 40.7 Å². The first kappa shape index (κ1) is 15.6. The largest absolute Gasteiger partial charge is 0.465 e. The minimum absolute atomic E-state index is 0.234. The first-order valence-corrected chi connectivity index (χ1v) is 7.64. The molecular weight excluding hydrogens is 289 g/mol. The molecule has 1 aromatic carbocycles. The van der Waals surface area contributed by atoms with Crippen LogP contribution in [0.5, 0.6) is 0 Å². The maximum atomic E-state index is 13.3. The van der Waals surface area contributed by atoms with E-state index in [-0.39, 0.29) is 11.8 Å². The lowest BCUT2D eigenvalue weighted by Gasteiger charge is -2.19. The quantitative estimate of drug-likeness (QED) is 0.798. The Hall–Kier alpha value is -1.75. The molecule has 21 heavy (non-hydrogen) atoms. The van der Waals surface area contributed by atoms with Crippen LogP contribution >= 0.6 is 11.3 Å². The number of halogens is 1. The molecule has 0 bridgehead atoms. The third-order valence-electron chi connectivity index (χ3n) is 3.34. The predicted octanol–water partition coefficient (Wildman–Crippen LogP) is 4.10. The van der Waals surface area contributed by atoms with Crippen LogP contribution in [0.15, 0.2) is 23.6 Å². The standard InChI is InChI=1S/C16H18FNO2S/c1-5-20-15(19)16(3,4)13-9-21-14(18-13)11-6-7-12(17)10(2)8-11/h6-9H,5H2,1-4H3. The summed E-state index contributed by atoms with van der Waals surface area (Å²) < 4.78 is 18.4. The van der Waals surface area contributed by atoms with Gasteiger partial charge in [-0.3, -0.25) is 4.79 Å². The molecule has 0 unspecified atom stereocenters. The number of nitrogens with zero attached hydrogens (tertiary/aromatic N) is 1. The summed E-state index contributed by atoms with van der Waals surface area (Å²) >= 11 is 1.44. The fraction of sp³-hybridized carbons (Fsp3) is 0.375. The number of aryl methyl sites for hydroxylation is 1. The molecule has 0 fully saturated rings. The molecule has 1 aromatic heterocycles. The first-order chi connectivity index (χ1) is 9.86. The van der Waals surface area contributed by atoms with Gasteiger partial charge in [-0.05, 0) is 51.5 Å². The Morgan fingerprint density at radius 2 is 2.14 bits per heavy atom. The molecule has 2 aromatic rings. The molecule has 0 atom stereocenters. The number of esters is 1. The molecule has 5 heteroatoms. The lowest BCUT2D eigenvalue weighted by atomic mass is 9.90. The van der Waals surface area contributed by atoms with Gasteiger partial charge < -0.3 is 4.74 Å². The molecule has 0 N–H and O–H groups in total. The van der Waals surface area contributed by atoms with E-state index in [2.05, 4.69) is 4.98 Å². The van der Waals surface area contributed by atoms with E-state index in [1.807, 2.05) is 5.38 Å². The number of hydrogen-bond donors (Lipinski definition) is 0. The van der Waals surface area contributed by atoms with Crippen LogP contribution in [-0.2, 0) is 14.9 Å². The van der Waals surface area contributed by atoms with Crippen LogP contribution in [0.1, 0.15) is 32.0 Å². The molecule has 0 spiro atoms. The van der Waals surface area contributed by atoms with Crippen LogP contribution in [0, 0.1) is 12.7 Å². The normalized spacial score (nSPS) is 11.5. The monoisotopic (exact) mass is 307 g/mol. The molecular formula is C16H18FNO2S. The van der Waals surface area contributed by atoms with Crippen molar-refractivity contribution in [2.45, 2.75) is 33.1 Å². The van der Waals surface area contributed by atoms with E-state index in [4.69, 9.17) is 4.74 Å². The van der Waals surface area contributed by atoms with Crippen LogP contribution in [0.2, 0.25) is 0 Å². The molecule has 0 amide bonds. The fourth-order valence-corrected chi connectivity index (χ4v) is 2.87. The molecule has 112 valence electrons. The van der Waals surface area contributed by atoms with Crippen LogP contribution in [0.4, 0.5) is 4.39 Å². The zero-order chi connectivity index (χ0) is 15.6. The first-order valence-electron chi connectivity index (χ1n) is 6.76. The van der Waals surface area contributed by atoms with Crippen molar-refractivity contribution in [3.8, 4) is 10.6 Å². The maximum absolute atomic E-state index is 13.3. The fourth-order valence-electron chi connectivity index (χ4n) is 1.89. The van der Waals surface area contributed by atoms with Crippen LogP contribution in [0.25, 0.3) is 10.6 Å². The second-order valence-electron chi connectivity index (χ2n) is 5.35. The number of thiazole rings is 1. The predicted molar refractivity (Wildman–Crippen MR) is 81.9 cm³/mol. The average Bonchev–Trinajstić information content (AvgIpc) is 2.92. The number of rotatable bonds is 4. The Balaban J connectivity index is 2.33. The summed E-state index contributed by atoms with van der Waals surface area (Å²) in [6, 6.07) is 4.89. The van der Waals surface area contributed by atoms with Crippen molar-refractivity contribution in [2.75, 3.05) is 6.61 Å². The Labute approximate surface area is 127 Å². The summed E-state index contributed by atoms with van der Waals surface area (Å²) in [5, 5.41) is 2.62. The number of hydrogen-bond acceptors (Lipinski definition) is 4. The van der Waals surface area contributed by atoms with Crippen LogP contribution in [-0.4, -0.2) is 17.6 Å². The maximum Gasteiger partial charge on any atom is 0.317 e. The van der Waals surface area contributed by atoms with Gasteiger partial charge in [0.15, 0.2) is 0 Å². The zero-order valence-corrected chi connectivity index (χ0v) is 13.4. The highest BCUT2D eigenvalue weighted by atomic mass is 32.1. The molecule has 1 heterocycles. The summed E-state index contributed by atoms with van der Waals surface area (Å²) in [4.78, 5) is 16.5. The van der Waals surface area contributed by atoms with E-state index in [1.54, 1.807) is 39.8 Å². The van der Waals surface area contributed by atoms with Gasteiger partial charge in [-0.15, -0.1) is 11.3 Å². The van der Waals surface area contributed by atoms with Crippen molar-refractivity contribution in [1.82, 2.24) is 4.98 Å². The SMILES string of the molecule is CCOC(=O)C(C)(C)c1csc(-c2ccc(F)c(C)c2)n1. The van der Waals surface area contributed by atoms with Gasteiger partial charge in [0.1, 0.15) is 16.2 Å². The molecule has 0 aliphatic carbocycles. The van der Waals surface area contributed by atoms with Gasteiger partial charge in [0.25, 0.3) is 0 Å². The Morgan fingerprint density at radius 3 is 2.76 bits per heavy atom. The van der Waals surface area contributed by atoms with Gasteiger partial charge in [0.05, 0.1) is 12.3 Å². The minimum atomic E-state index is -0.792. The number of benzene rings is 1. The third kappa shape index (κ3) is 3.13. The van der Waals surface area contributed by atoms with Gasteiger partial charge in [-0.2, -0.15) is 0 Å². The average molecular weight is 307 g/mol. The van der Waals surface area contributed by atoms with E-state index in [1.165, 1.54) is 17.4 Å². The van der Waals surface area contributed by atoms with Crippen molar-refractivity contribution >= 4 is 17.3 Å². The summed E-state index contributed by atoms with van der Waals surface area (Å²) in [6.45, 7) is 7.42. The van der Waals surface area contributed by atoms with E-state index < -0.39 is 5.41 Å². The molecule has 0 saturated heterocycles. The summed E-state index contributed by atoms with van der Waals surface area (Å²) in [5.41, 5.74) is 1.31. The van der Waals surface area contributed by atoms with Gasteiger partial charge in [0, 0.05) is 10.9 Å². The van der Waals surface area contributed by atoms with Crippen molar-refractivity contribution in [1.29, 1.82) is 0 Å². The summed E-state index contributed by atoms with van der Waals surface area (Å²) in [5.74, 6) is -0.528. The molecule has 0 aliphatic heterocycles. The van der Waals surface area contributed by atoms with E-state index >= 15 is 0 Å². The highest BCUT2D eigenvalue weighted by Crippen LogP contribution is 2.31. The molecule has 2 rings (SSSR count). The van der Waals surface area contributed by atoms with Crippen LogP contribution in [0.3, 0.4) is 0 Å². The Morgan fingerprint density at radius 1 is 1.43 bits per heavy atom. The highest BCUT2D eigenvalue weighted by molar-refractivity contribution is 7.13. The molecule has 0 radical (unpaired) electrons. The Bertz CT molecular complexity index is 664. The third-order valence-corrected chi connectivity index (χ3v) is 4.23. The number of ether oxygens (including phenoxy) is 1. The number of carbonyl (C=O) groups is 1. The van der Waals surface area contributed by atoms with E-state index in [0.29, 0.717) is 17.9 Å². The van der Waals surface area contributed by atoms with Crippen molar-refractivity contribution in [2.24, 2.45) is 0 Å². The molecule has 3 nitrogen and oxygen atoms in total. The lowest BCUT2D eigenvalue weighted by Crippen LogP contribution is -2.31. The second-order valence-corrected chi connectivity index (χ2v) is 6.21. The van der Waals surface area contributed by atoms with E-state index in [0.717, 1.165) is 10.6 Å².